The Labute approximate surface area is 62.5 Å². The van der Waals surface area contributed by atoms with Gasteiger partial charge in [-0.05, 0) is 12.8 Å². The maximum atomic E-state index is 11.1. The summed E-state index contributed by atoms with van der Waals surface area (Å²) in [5.74, 6) is 0.609. The highest BCUT2D eigenvalue weighted by molar-refractivity contribution is 7.89. The lowest BCUT2D eigenvalue weighted by molar-refractivity contribution is 0.688. The first-order valence-electron chi connectivity index (χ1n) is 3.41. The summed E-state index contributed by atoms with van der Waals surface area (Å²) >= 11 is 0. The lowest BCUT2D eigenvalue weighted by atomic mass is 10.1. The minimum atomic E-state index is -0.758. The molecule has 1 unspecified atom stereocenters. The highest BCUT2D eigenvalue weighted by Crippen LogP contribution is 2.23. The third-order valence-electron chi connectivity index (χ3n) is 1.75. The van der Waals surface area contributed by atoms with Gasteiger partial charge in [0, 0.05) is 5.70 Å². The summed E-state index contributed by atoms with van der Waals surface area (Å²) in [5.41, 5.74) is 1.10. The van der Waals surface area contributed by atoms with Crippen molar-refractivity contribution in [3.63, 3.8) is 0 Å². The molecule has 1 aliphatic heterocycles. The van der Waals surface area contributed by atoms with Crippen molar-refractivity contribution < 1.29 is 4.21 Å². The molecule has 0 aromatic heterocycles. The van der Waals surface area contributed by atoms with Crippen molar-refractivity contribution >= 4 is 10.8 Å². The lowest BCUT2D eigenvalue weighted by Gasteiger charge is -2.03. The van der Waals surface area contributed by atoms with E-state index >= 15 is 0 Å². The molecule has 1 aliphatic carbocycles. The summed E-state index contributed by atoms with van der Waals surface area (Å²) in [7, 11) is -0.758. The van der Waals surface area contributed by atoms with Crippen LogP contribution in [0.4, 0.5) is 0 Å². The van der Waals surface area contributed by atoms with E-state index < -0.39 is 10.8 Å². The Balaban J connectivity index is 2.39. The van der Waals surface area contributed by atoms with Crippen LogP contribution in [0.15, 0.2) is 22.8 Å². The molecule has 2 aliphatic rings. The SMILES string of the molecule is O=S1CNC2=CCCC=C21. The number of allylic oxidation sites excluding steroid dienone is 2. The minimum Gasteiger partial charge on any atom is -0.373 e. The highest BCUT2D eigenvalue weighted by Gasteiger charge is 2.21. The Kier molecular flexibility index (Phi) is 1.38. The second-order valence-electron chi connectivity index (χ2n) is 2.43. The van der Waals surface area contributed by atoms with Gasteiger partial charge >= 0.3 is 0 Å². The van der Waals surface area contributed by atoms with Gasteiger partial charge in [-0.15, -0.1) is 0 Å². The zero-order chi connectivity index (χ0) is 6.97. The summed E-state index contributed by atoms with van der Waals surface area (Å²) in [6.07, 6.45) is 6.33. The van der Waals surface area contributed by atoms with Crippen molar-refractivity contribution in [1.82, 2.24) is 5.32 Å². The minimum absolute atomic E-state index is 0.609. The van der Waals surface area contributed by atoms with Gasteiger partial charge in [-0.2, -0.15) is 0 Å². The molecule has 2 rings (SSSR count). The molecule has 0 saturated carbocycles. The Morgan fingerprint density at radius 1 is 1.40 bits per heavy atom. The fourth-order valence-corrected chi connectivity index (χ4v) is 2.40. The monoisotopic (exact) mass is 155 g/mol. The number of fused-ring (bicyclic) bond motifs is 1. The van der Waals surface area contributed by atoms with Crippen LogP contribution in [0.3, 0.4) is 0 Å². The molecule has 54 valence electrons. The standard InChI is InChI=1S/C7H9NOS/c9-10-5-8-6-3-1-2-4-7(6)10/h3-4,8H,1-2,5H2. The van der Waals surface area contributed by atoms with Gasteiger partial charge in [0.05, 0.1) is 21.6 Å². The number of hydrogen-bond donors (Lipinski definition) is 1. The zero-order valence-corrected chi connectivity index (χ0v) is 6.41. The molecule has 0 spiro atoms. The van der Waals surface area contributed by atoms with Gasteiger partial charge in [0.1, 0.15) is 0 Å². The van der Waals surface area contributed by atoms with Gasteiger partial charge < -0.3 is 5.32 Å². The third-order valence-corrected chi connectivity index (χ3v) is 3.03. The van der Waals surface area contributed by atoms with Gasteiger partial charge in [-0.3, -0.25) is 4.21 Å². The molecule has 1 atom stereocenters. The second-order valence-corrected chi connectivity index (χ2v) is 3.85. The fourth-order valence-electron chi connectivity index (χ4n) is 1.25. The van der Waals surface area contributed by atoms with Gasteiger partial charge in [-0.25, -0.2) is 0 Å². The predicted octanol–water partition coefficient (Wildman–Crippen LogP) is 0.857. The molecule has 10 heavy (non-hydrogen) atoms. The Bertz CT molecular complexity index is 242. The van der Waals surface area contributed by atoms with E-state index in [4.69, 9.17) is 0 Å². The van der Waals surface area contributed by atoms with Crippen molar-refractivity contribution in [3.8, 4) is 0 Å². The molecule has 1 heterocycles. The van der Waals surface area contributed by atoms with Crippen LogP contribution in [0.1, 0.15) is 12.8 Å². The van der Waals surface area contributed by atoms with E-state index in [0.717, 1.165) is 23.4 Å². The molecule has 0 aromatic carbocycles. The van der Waals surface area contributed by atoms with Crippen LogP contribution >= 0.6 is 0 Å². The molecular formula is C7H9NOS. The van der Waals surface area contributed by atoms with E-state index in [1.54, 1.807) is 0 Å². The number of nitrogens with one attached hydrogen (secondary N) is 1. The normalized spacial score (nSPS) is 30.2. The molecule has 0 aromatic rings. The second kappa shape index (κ2) is 2.23. The summed E-state index contributed by atoms with van der Waals surface area (Å²) in [6.45, 7) is 0. The quantitative estimate of drug-likeness (QED) is 0.562. The Hall–Kier alpha value is -0.570. The van der Waals surface area contributed by atoms with Gasteiger partial charge in [0.25, 0.3) is 0 Å². The van der Waals surface area contributed by atoms with E-state index in [0.29, 0.717) is 5.88 Å². The van der Waals surface area contributed by atoms with Crippen LogP contribution in [0, 0.1) is 0 Å². The largest absolute Gasteiger partial charge is 0.373 e. The summed E-state index contributed by atoms with van der Waals surface area (Å²) in [5, 5.41) is 3.10. The first-order valence-corrected chi connectivity index (χ1v) is 4.73. The third kappa shape index (κ3) is 0.814. The Morgan fingerprint density at radius 3 is 3.00 bits per heavy atom. The maximum Gasteiger partial charge on any atom is 0.0959 e. The average molecular weight is 155 g/mol. The van der Waals surface area contributed by atoms with E-state index in [9.17, 15) is 4.21 Å². The molecule has 0 amide bonds. The first-order chi connectivity index (χ1) is 4.88. The summed E-state index contributed by atoms with van der Waals surface area (Å²) < 4.78 is 11.1. The Morgan fingerprint density at radius 2 is 2.20 bits per heavy atom. The van der Waals surface area contributed by atoms with Crippen LogP contribution in [0.2, 0.25) is 0 Å². The van der Waals surface area contributed by atoms with Crippen molar-refractivity contribution in [2.75, 3.05) is 5.88 Å². The van der Waals surface area contributed by atoms with Crippen molar-refractivity contribution in [2.45, 2.75) is 12.8 Å². The van der Waals surface area contributed by atoms with Gasteiger partial charge in [0.2, 0.25) is 0 Å². The predicted molar refractivity (Wildman–Crippen MR) is 41.5 cm³/mol. The van der Waals surface area contributed by atoms with Crippen LogP contribution < -0.4 is 5.32 Å². The highest BCUT2D eigenvalue weighted by atomic mass is 32.2. The molecule has 3 heteroatoms. The van der Waals surface area contributed by atoms with E-state index in [1.807, 2.05) is 0 Å². The van der Waals surface area contributed by atoms with Crippen molar-refractivity contribution in [3.05, 3.63) is 22.8 Å². The van der Waals surface area contributed by atoms with E-state index in [1.165, 1.54) is 0 Å². The molecule has 0 radical (unpaired) electrons. The fraction of sp³-hybridized carbons (Fsp3) is 0.429. The van der Waals surface area contributed by atoms with Crippen LogP contribution in [0.5, 0.6) is 0 Å². The molecule has 1 saturated heterocycles. The lowest BCUT2D eigenvalue weighted by Crippen LogP contribution is -2.05. The maximum absolute atomic E-state index is 11.1. The molecule has 1 N–H and O–H groups in total. The van der Waals surface area contributed by atoms with Crippen molar-refractivity contribution in [1.29, 1.82) is 0 Å². The molecule has 2 nitrogen and oxygen atoms in total. The molecule has 0 bridgehead atoms. The molecular weight excluding hydrogens is 146 g/mol. The van der Waals surface area contributed by atoms with Crippen molar-refractivity contribution in [2.24, 2.45) is 0 Å². The van der Waals surface area contributed by atoms with Crippen LogP contribution in [0.25, 0.3) is 0 Å². The van der Waals surface area contributed by atoms with E-state index in [2.05, 4.69) is 17.5 Å². The molecule has 1 fully saturated rings. The topological polar surface area (TPSA) is 29.1 Å². The first kappa shape index (κ1) is 6.16. The van der Waals surface area contributed by atoms with Gasteiger partial charge in [-0.1, -0.05) is 12.2 Å². The van der Waals surface area contributed by atoms with Gasteiger partial charge in [0.15, 0.2) is 0 Å². The number of hydrogen-bond acceptors (Lipinski definition) is 2. The average Bonchev–Trinajstić information content (AvgIpc) is 2.34. The smallest absolute Gasteiger partial charge is 0.0959 e. The number of rotatable bonds is 0. The van der Waals surface area contributed by atoms with Crippen LogP contribution in [-0.4, -0.2) is 10.1 Å². The zero-order valence-electron chi connectivity index (χ0n) is 5.59. The van der Waals surface area contributed by atoms with E-state index in [-0.39, 0.29) is 0 Å². The summed E-state index contributed by atoms with van der Waals surface area (Å²) in [4.78, 5) is 1.02. The van der Waals surface area contributed by atoms with Crippen LogP contribution in [-0.2, 0) is 10.8 Å². The summed E-state index contributed by atoms with van der Waals surface area (Å²) in [6, 6.07) is 0.